The van der Waals surface area contributed by atoms with Gasteiger partial charge in [-0.1, -0.05) is 29.3 Å². The second kappa shape index (κ2) is 11.2. The zero-order valence-corrected chi connectivity index (χ0v) is 23.5. The van der Waals surface area contributed by atoms with Gasteiger partial charge in [0.25, 0.3) is 0 Å². The van der Waals surface area contributed by atoms with Gasteiger partial charge >= 0.3 is 0 Å². The molecule has 2 saturated carbocycles. The molecule has 0 spiro atoms. The molecule has 2 aromatic carbocycles. The van der Waals surface area contributed by atoms with E-state index in [4.69, 9.17) is 23.2 Å². The third kappa shape index (κ3) is 5.76. The number of nitrogens with one attached hydrogen (secondary N) is 1. The molecule has 1 aliphatic heterocycles. The van der Waals surface area contributed by atoms with E-state index in [1.807, 2.05) is 18.2 Å². The molecule has 8 heteroatoms. The van der Waals surface area contributed by atoms with Crippen molar-refractivity contribution >= 4 is 45.6 Å². The van der Waals surface area contributed by atoms with Crippen molar-refractivity contribution in [3.63, 3.8) is 0 Å². The van der Waals surface area contributed by atoms with Crippen molar-refractivity contribution in [1.82, 2.24) is 9.88 Å². The third-order valence-electron chi connectivity index (χ3n) is 8.77. The number of benzene rings is 2. The number of aromatic nitrogens is 1. The van der Waals surface area contributed by atoms with E-state index >= 15 is 0 Å². The number of aromatic hydroxyl groups is 1. The molecule has 206 valence electrons. The van der Waals surface area contributed by atoms with Crippen molar-refractivity contribution in [2.45, 2.75) is 51.0 Å². The topological polar surface area (TPSA) is 85.7 Å². The maximum Gasteiger partial charge on any atom is 0.169 e. The Balaban J connectivity index is 1.26. The molecule has 0 radical (unpaired) electrons. The number of carbonyl (C=O) groups excluding carboxylic acids is 1. The van der Waals surface area contributed by atoms with Crippen LogP contribution in [0.25, 0.3) is 22.0 Å². The first kappa shape index (κ1) is 26.8. The van der Waals surface area contributed by atoms with Crippen LogP contribution in [-0.2, 0) is 0 Å². The fourth-order valence-electron chi connectivity index (χ4n) is 6.30. The normalized spacial score (nSPS) is 23.8. The first-order chi connectivity index (χ1) is 18.9. The molecule has 1 saturated heterocycles. The van der Waals surface area contributed by atoms with Crippen molar-refractivity contribution in [3.05, 3.63) is 52.1 Å². The number of rotatable bonds is 8. The lowest BCUT2D eigenvalue weighted by Gasteiger charge is -2.32. The van der Waals surface area contributed by atoms with E-state index in [0.29, 0.717) is 30.0 Å². The summed E-state index contributed by atoms with van der Waals surface area (Å²) in [6.45, 7) is 3.53. The Kier molecular flexibility index (Phi) is 7.73. The van der Waals surface area contributed by atoms with Crippen LogP contribution in [-0.4, -0.2) is 58.2 Å². The van der Waals surface area contributed by atoms with Crippen LogP contribution in [0, 0.1) is 17.8 Å². The van der Waals surface area contributed by atoms with Crippen molar-refractivity contribution in [2.24, 2.45) is 17.8 Å². The largest absolute Gasteiger partial charge is 0.505 e. The Morgan fingerprint density at radius 1 is 0.974 bits per heavy atom. The monoisotopic (exact) mass is 567 g/mol. The van der Waals surface area contributed by atoms with Gasteiger partial charge in [0.05, 0.1) is 26.8 Å². The lowest BCUT2D eigenvalue weighted by atomic mass is 9.85. The second-order valence-corrected chi connectivity index (χ2v) is 12.5. The van der Waals surface area contributed by atoms with Gasteiger partial charge in [0.1, 0.15) is 0 Å². The van der Waals surface area contributed by atoms with Gasteiger partial charge in [-0.15, -0.1) is 0 Å². The smallest absolute Gasteiger partial charge is 0.169 e. The Labute approximate surface area is 239 Å². The highest BCUT2D eigenvalue weighted by Crippen LogP contribution is 2.41. The number of fused-ring (bicyclic) bond motifs is 1. The van der Waals surface area contributed by atoms with Crippen LogP contribution >= 0.6 is 23.2 Å². The minimum absolute atomic E-state index is 0.0987. The Morgan fingerprint density at radius 2 is 1.72 bits per heavy atom. The zero-order chi connectivity index (χ0) is 27.1. The summed E-state index contributed by atoms with van der Waals surface area (Å²) in [5.74, 6) is 1.26. The number of Topliss-reactive ketones (excluding diaryl/α,β-unsaturated/α-hetero) is 1. The second-order valence-electron chi connectivity index (χ2n) is 11.7. The van der Waals surface area contributed by atoms with E-state index in [9.17, 15) is 15.0 Å². The molecule has 2 heterocycles. The standard InChI is InChI=1S/C31H35Cl2N3O3/c32-26-12-22(13-27(33)31(26)39)21-5-8-28-24(11-21)29(25(14-34-28)30(38)20-3-4-20)35-23-6-1-18(2-7-23)15-36-10-9-19(16-36)17-37/h5,8,11-14,18-20,23,37,39H,1-4,6-7,9-10,15-17H2,(H,34,35). The predicted octanol–water partition coefficient (Wildman–Crippen LogP) is 6.79. The van der Waals surface area contributed by atoms with Crippen molar-refractivity contribution in [1.29, 1.82) is 0 Å². The van der Waals surface area contributed by atoms with Gasteiger partial charge in [-0.3, -0.25) is 9.78 Å². The molecule has 2 aliphatic carbocycles. The summed E-state index contributed by atoms with van der Waals surface area (Å²) in [7, 11) is 0. The summed E-state index contributed by atoms with van der Waals surface area (Å²) in [6.07, 6.45) is 9.17. The number of hydrogen-bond acceptors (Lipinski definition) is 6. The number of ketones is 1. The SMILES string of the molecule is O=C(c1cnc2ccc(-c3cc(Cl)c(O)c(Cl)c3)cc2c1NC1CCC(CN2CCC(CO)C2)CC1)C1CC1. The number of phenols is 1. The summed E-state index contributed by atoms with van der Waals surface area (Å²) < 4.78 is 0. The van der Waals surface area contributed by atoms with Crippen molar-refractivity contribution < 1.29 is 15.0 Å². The van der Waals surface area contributed by atoms with E-state index in [0.717, 1.165) is 92.3 Å². The zero-order valence-electron chi connectivity index (χ0n) is 22.0. The predicted molar refractivity (Wildman–Crippen MR) is 157 cm³/mol. The highest BCUT2D eigenvalue weighted by Gasteiger charge is 2.33. The van der Waals surface area contributed by atoms with Gasteiger partial charge in [0, 0.05) is 43.2 Å². The molecule has 1 aromatic heterocycles. The fraction of sp³-hybridized carbons (Fsp3) is 0.484. The minimum Gasteiger partial charge on any atom is -0.505 e. The van der Waals surface area contributed by atoms with Crippen molar-refractivity contribution in [3.8, 4) is 16.9 Å². The molecular formula is C31H35Cl2N3O3. The van der Waals surface area contributed by atoms with E-state index in [1.54, 1.807) is 18.3 Å². The van der Waals surface area contributed by atoms with E-state index < -0.39 is 0 Å². The first-order valence-electron chi connectivity index (χ1n) is 14.1. The number of phenolic OH excluding ortho intramolecular Hbond substituents is 1. The maximum atomic E-state index is 13.3. The number of anilines is 1. The van der Waals surface area contributed by atoms with Crippen LogP contribution in [0.1, 0.15) is 55.3 Å². The van der Waals surface area contributed by atoms with Gasteiger partial charge in [-0.2, -0.15) is 0 Å². The number of likely N-dealkylation sites (tertiary alicyclic amines) is 1. The number of aliphatic hydroxyl groups is 1. The molecule has 0 bridgehead atoms. The number of nitrogens with zero attached hydrogens (tertiary/aromatic N) is 2. The fourth-order valence-corrected chi connectivity index (χ4v) is 6.79. The number of hydrogen-bond donors (Lipinski definition) is 3. The van der Waals surface area contributed by atoms with Gasteiger partial charge < -0.3 is 20.4 Å². The summed E-state index contributed by atoms with van der Waals surface area (Å²) in [5, 5.41) is 24.6. The summed E-state index contributed by atoms with van der Waals surface area (Å²) in [5.41, 5.74) is 4.07. The lowest BCUT2D eigenvalue weighted by Crippen LogP contribution is -2.33. The van der Waals surface area contributed by atoms with Crippen LogP contribution in [0.15, 0.2) is 36.5 Å². The summed E-state index contributed by atoms with van der Waals surface area (Å²) >= 11 is 12.4. The van der Waals surface area contributed by atoms with E-state index in [-0.39, 0.29) is 27.5 Å². The van der Waals surface area contributed by atoms with Crippen molar-refractivity contribution in [2.75, 3.05) is 31.6 Å². The Bertz CT molecular complexity index is 1360. The first-order valence-corrected chi connectivity index (χ1v) is 14.9. The highest BCUT2D eigenvalue weighted by atomic mass is 35.5. The number of carbonyl (C=O) groups is 1. The van der Waals surface area contributed by atoms with Crippen LogP contribution in [0.5, 0.6) is 5.75 Å². The van der Waals surface area contributed by atoms with E-state index in [2.05, 4.69) is 15.2 Å². The third-order valence-corrected chi connectivity index (χ3v) is 9.35. The van der Waals surface area contributed by atoms with Gasteiger partial charge in [-0.25, -0.2) is 0 Å². The molecule has 3 aromatic rings. The van der Waals surface area contributed by atoms with Crippen LogP contribution in [0.4, 0.5) is 5.69 Å². The molecule has 1 atom stereocenters. The molecule has 3 N–H and O–H groups in total. The number of pyridine rings is 1. The number of halogens is 2. The quantitative estimate of drug-likeness (QED) is 0.260. The van der Waals surface area contributed by atoms with Crippen LogP contribution < -0.4 is 5.32 Å². The Morgan fingerprint density at radius 3 is 2.38 bits per heavy atom. The maximum absolute atomic E-state index is 13.3. The molecule has 0 amide bonds. The average molecular weight is 569 g/mol. The average Bonchev–Trinajstić information content (AvgIpc) is 3.70. The number of aliphatic hydroxyl groups excluding tert-OH is 1. The molecule has 39 heavy (non-hydrogen) atoms. The molecule has 6 nitrogen and oxygen atoms in total. The van der Waals surface area contributed by atoms with Gasteiger partial charge in [0.15, 0.2) is 11.5 Å². The van der Waals surface area contributed by atoms with Crippen LogP contribution in [0.3, 0.4) is 0 Å². The van der Waals surface area contributed by atoms with Gasteiger partial charge in [0.2, 0.25) is 0 Å². The molecule has 3 fully saturated rings. The summed E-state index contributed by atoms with van der Waals surface area (Å²) in [4.78, 5) is 20.5. The molecule has 3 aliphatic rings. The Hall–Kier alpha value is -2.38. The molecule has 1 unspecified atom stereocenters. The molecular weight excluding hydrogens is 533 g/mol. The minimum atomic E-state index is -0.127. The van der Waals surface area contributed by atoms with Crippen LogP contribution in [0.2, 0.25) is 10.0 Å². The van der Waals surface area contributed by atoms with Gasteiger partial charge in [-0.05, 0) is 98.7 Å². The lowest BCUT2D eigenvalue weighted by molar-refractivity contribution is 0.0968. The molecule has 6 rings (SSSR count). The highest BCUT2D eigenvalue weighted by molar-refractivity contribution is 6.37. The summed E-state index contributed by atoms with van der Waals surface area (Å²) in [6, 6.07) is 9.67. The van der Waals surface area contributed by atoms with E-state index in [1.165, 1.54) is 0 Å².